The number of carbonyl (C=O) groups excluding carboxylic acids is 1. The number of H-pyrrole nitrogens is 1. The fourth-order valence-electron chi connectivity index (χ4n) is 2.76. The Kier molecular flexibility index (Phi) is 5.17. The molecular weight excluding hydrogens is 334 g/mol. The zero-order chi connectivity index (χ0) is 18.5. The number of nitrogens with zero attached hydrogens (tertiary/aromatic N) is 1. The predicted molar refractivity (Wildman–Crippen MR) is 98.3 cm³/mol. The first-order valence-electron chi connectivity index (χ1n) is 8.24. The Hall–Kier alpha value is -3.35. The molecule has 0 radical (unpaired) electrons. The van der Waals surface area contributed by atoms with Gasteiger partial charge in [-0.25, -0.2) is 0 Å². The fourth-order valence-corrected chi connectivity index (χ4v) is 2.76. The van der Waals surface area contributed by atoms with Crippen LogP contribution in [0, 0.1) is 17.0 Å². The van der Waals surface area contributed by atoms with Gasteiger partial charge in [-0.2, -0.15) is 0 Å². The van der Waals surface area contributed by atoms with Gasteiger partial charge in [-0.1, -0.05) is 24.3 Å². The first-order chi connectivity index (χ1) is 12.5. The van der Waals surface area contributed by atoms with Gasteiger partial charge in [0.25, 0.3) is 5.91 Å². The molecule has 0 aliphatic rings. The molecule has 0 saturated heterocycles. The van der Waals surface area contributed by atoms with Gasteiger partial charge in [0.05, 0.1) is 4.92 Å². The maximum atomic E-state index is 11.9. The van der Waals surface area contributed by atoms with E-state index in [9.17, 15) is 14.9 Å². The highest BCUT2D eigenvalue weighted by Crippen LogP contribution is 2.27. The van der Waals surface area contributed by atoms with Gasteiger partial charge < -0.3 is 15.0 Å². The van der Waals surface area contributed by atoms with Gasteiger partial charge in [-0.05, 0) is 36.6 Å². The quantitative estimate of drug-likeness (QED) is 0.504. The zero-order valence-corrected chi connectivity index (χ0v) is 14.3. The first kappa shape index (κ1) is 17.5. The van der Waals surface area contributed by atoms with Crippen molar-refractivity contribution >= 4 is 22.5 Å². The van der Waals surface area contributed by atoms with E-state index >= 15 is 0 Å². The zero-order valence-electron chi connectivity index (χ0n) is 14.3. The third-order valence-electron chi connectivity index (χ3n) is 4.06. The van der Waals surface area contributed by atoms with Crippen LogP contribution >= 0.6 is 0 Å². The maximum Gasteiger partial charge on any atom is 0.311 e. The number of carbonyl (C=O) groups is 1. The number of fused-ring (bicyclic) bond motifs is 1. The molecule has 1 heterocycles. The molecule has 2 aromatic carbocycles. The standard InChI is InChI=1S/C19H19N3O4/c1-13-6-7-18(17(10-13)22(24)25)26-12-19(23)20-9-8-14-11-21-16-5-3-2-4-15(14)16/h2-7,10-11,21H,8-9,12H2,1H3,(H,20,23). The molecule has 0 spiro atoms. The molecular formula is C19H19N3O4. The molecule has 3 aromatic rings. The van der Waals surface area contributed by atoms with Crippen LogP contribution in [0.3, 0.4) is 0 Å². The summed E-state index contributed by atoms with van der Waals surface area (Å²) >= 11 is 0. The van der Waals surface area contributed by atoms with Crippen LogP contribution in [0.5, 0.6) is 5.75 Å². The van der Waals surface area contributed by atoms with Crippen molar-refractivity contribution in [3.63, 3.8) is 0 Å². The molecule has 0 aliphatic carbocycles. The summed E-state index contributed by atoms with van der Waals surface area (Å²) in [6.45, 7) is 1.95. The average Bonchev–Trinajstić information content (AvgIpc) is 3.04. The fraction of sp³-hybridized carbons (Fsp3) is 0.211. The molecule has 0 aliphatic heterocycles. The van der Waals surface area contributed by atoms with Gasteiger partial charge in [0.2, 0.25) is 0 Å². The summed E-state index contributed by atoms with van der Waals surface area (Å²) in [7, 11) is 0. The van der Waals surface area contributed by atoms with Crippen LogP contribution in [-0.2, 0) is 11.2 Å². The number of ether oxygens (including phenoxy) is 1. The van der Waals surface area contributed by atoms with Crippen LogP contribution < -0.4 is 10.1 Å². The van der Waals surface area contributed by atoms with Crippen molar-refractivity contribution < 1.29 is 14.5 Å². The minimum absolute atomic E-state index is 0.0902. The van der Waals surface area contributed by atoms with Gasteiger partial charge in [0, 0.05) is 29.7 Å². The van der Waals surface area contributed by atoms with Gasteiger partial charge in [-0.3, -0.25) is 14.9 Å². The van der Waals surface area contributed by atoms with Crippen LogP contribution in [0.25, 0.3) is 10.9 Å². The second-order valence-corrected chi connectivity index (χ2v) is 5.98. The predicted octanol–water partition coefficient (Wildman–Crippen LogP) is 3.12. The minimum atomic E-state index is -0.517. The molecule has 1 aromatic heterocycles. The Balaban J connectivity index is 1.51. The molecule has 7 heteroatoms. The summed E-state index contributed by atoms with van der Waals surface area (Å²) < 4.78 is 5.31. The van der Waals surface area contributed by atoms with Crippen molar-refractivity contribution in [2.75, 3.05) is 13.2 Å². The highest BCUT2D eigenvalue weighted by Gasteiger charge is 2.16. The van der Waals surface area contributed by atoms with Crippen LogP contribution in [-0.4, -0.2) is 29.0 Å². The van der Waals surface area contributed by atoms with Gasteiger partial charge in [0.1, 0.15) is 0 Å². The van der Waals surface area contributed by atoms with E-state index in [1.165, 1.54) is 12.1 Å². The van der Waals surface area contributed by atoms with Crippen molar-refractivity contribution in [3.05, 3.63) is 69.9 Å². The smallest absolute Gasteiger partial charge is 0.311 e. The monoisotopic (exact) mass is 353 g/mol. The number of nitro benzene ring substituents is 1. The molecule has 0 saturated carbocycles. The van der Waals surface area contributed by atoms with Crippen LogP contribution in [0.15, 0.2) is 48.7 Å². The van der Waals surface area contributed by atoms with Crippen molar-refractivity contribution in [1.82, 2.24) is 10.3 Å². The van der Waals surface area contributed by atoms with Gasteiger partial charge in [-0.15, -0.1) is 0 Å². The molecule has 0 unspecified atom stereocenters. The number of benzene rings is 2. The van der Waals surface area contributed by atoms with E-state index in [1.54, 1.807) is 13.0 Å². The highest BCUT2D eigenvalue weighted by atomic mass is 16.6. The van der Waals surface area contributed by atoms with E-state index in [1.807, 2.05) is 30.5 Å². The molecule has 0 fully saturated rings. The number of aryl methyl sites for hydroxylation is 1. The summed E-state index contributed by atoms with van der Waals surface area (Å²) in [5.41, 5.74) is 2.80. The first-order valence-corrected chi connectivity index (χ1v) is 8.24. The number of nitrogens with one attached hydrogen (secondary N) is 2. The number of amides is 1. The van der Waals surface area contributed by atoms with E-state index in [2.05, 4.69) is 10.3 Å². The van der Waals surface area contributed by atoms with Gasteiger partial charge >= 0.3 is 5.69 Å². The number of hydrogen-bond donors (Lipinski definition) is 2. The lowest BCUT2D eigenvalue weighted by atomic mass is 10.1. The lowest BCUT2D eigenvalue weighted by Crippen LogP contribution is -2.30. The van der Waals surface area contributed by atoms with E-state index in [-0.39, 0.29) is 24.0 Å². The summed E-state index contributed by atoms with van der Waals surface area (Å²) in [6, 6.07) is 12.6. The van der Waals surface area contributed by atoms with E-state index in [0.29, 0.717) is 13.0 Å². The molecule has 134 valence electrons. The van der Waals surface area contributed by atoms with Crippen molar-refractivity contribution in [2.24, 2.45) is 0 Å². The number of para-hydroxylation sites is 1. The minimum Gasteiger partial charge on any atom is -0.477 e. The second-order valence-electron chi connectivity index (χ2n) is 5.98. The van der Waals surface area contributed by atoms with Crippen molar-refractivity contribution in [1.29, 1.82) is 0 Å². The number of hydrogen-bond acceptors (Lipinski definition) is 4. The third-order valence-corrected chi connectivity index (χ3v) is 4.06. The average molecular weight is 353 g/mol. The number of aromatic amines is 1. The summed E-state index contributed by atoms with van der Waals surface area (Å²) in [5.74, 6) is -0.230. The molecule has 3 rings (SSSR count). The molecule has 2 N–H and O–H groups in total. The molecule has 26 heavy (non-hydrogen) atoms. The Morgan fingerprint density at radius 3 is 2.88 bits per heavy atom. The summed E-state index contributed by atoms with van der Waals surface area (Å²) in [6.07, 6.45) is 2.61. The topological polar surface area (TPSA) is 97.3 Å². The highest BCUT2D eigenvalue weighted by molar-refractivity contribution is 5.83. The summed E-state index contributed by atoms with van der Waals surface area (Å²) in [4.78, 5) is 25.7. The lowest BCUT2D eigenvalue weighted by Gasteiger charge is -2.08. The van der Waals surface area contributed by atoms with E-state index in [4.69, 9.17) is 4.74 Å². The van der Waals surface area contributed by atoms with Crippen molar-refractivity contribution in [3.8, 4) is 5.75 Å². The normalized spacial score (nSPS) is 10.7. The van der Waals surface area contributed by atoms with Crippen molar-refractivity contribution in [2.45, 2.75) is 13.3 Å². The number of rotatable bonds is 7. The Morgan fingerprint density at radius 1 is 1.27 bits per heavy atom. The molecule has 7 nitrogen and oxygen atoms in total. The van der Waals surface area contributed by atoms with Crippen LogP contribution in [0.4, 0.5) is 5.69 Å². The van der Waals surface area contributed by atoms with Crippen LogP contribution in [0.2, 0.25) is 0 Å². The molecule has 1 amide bonds. The third kappa shape index (κ3) is 4.00. The van der Waals surface area contributed by atoms with E-state index < -0.39 is 4.92 Å². The SMILES string of the molecule is Cc1ccc(OCC(=O)NCCc2c[nH]c3ccccc23)c([N+](=O)[O-])c1. The van der Waals surface area contributed by atoms with Gasteiger partial charge in [0.15, 0.2) is 12.4 Å². The summed E-state index contributed by atoms with van der Waals surface area (Å²) in [5, 5.41) is 15.0. The maximum absolute atomic E-state index is 11.9. The molecule has 0 bridgehead atoms. The molecule has 0 atom stereocenters. The van der Waals surface area contributed by atoms with E-state index in [0.717, 1.165) is 22.0 Å². The largest absolute Gasteiger partial charge is 0.477 e. The Morgan fingerprint density at radius 2 is 2.08 bits per heavy atom. The lowest BCUT2D eigenvalue weighted by molar-refractivity contribution is -0.385. The number of nitro groups is 1. The van der Waals surface area contributed by atoms with Crippen LogP contribution in [0.1, 0.15) is 11.1 Å². The second kappa shape index (κ2) is 7.69. The Bertz CT molecular complexity index is 949. The Labute approximate surface area is 150 Å². The number of aromatic nitrogens is 1.